The van der Waals surface area contributed by atoms with Crippen molar-refractivity contribution in [1.82, 2.24) is 0 Å². The average molecular weight is 354 g/mol. The van der Waals surface area contributed by atoms with Gasteiger partial charge in [-0.25, -0.2) is 4.79 Å². The van der Waals surface area contributed by atoms with Gasteiger partial charge in [-0.1, -0.05) is 29.8 Å². The summed E-state index contributed by atoms with van der Waals surface area (Å²) < 4.78 is 5.05. The largest absolute Gasteiger partial charge is 0.462 e. The number of ether oxygens (including phenoxy) is 1. The molecule has 0 aliphatic carbocycles. The number of carbonyl (C=O) groups is 2. The van der Waals surface area contributed by atoms with E-state index in [9.17, 15) is 9.59 Å². The molecule has 0 bridgehead atoms. The fourth-order valence-corrected chi connectivity index (χ4v) is 2.91. The van der Waals surface area contributed by atoms with Crippen LogP contribution in [0.15, 0.2) is 36.4 Å². The molecule has 138 valence electrons. The molecule has 0 radical (unpaired) electrons. The van der Waals surface area contributed by atoms with E-state index in [1.165, 1.54) is 5.56 Å². The Bertz CT molecular complexity index is 777. The molecule has 0 aliphatic rings. The molecule has 0 saturated heterocycles. The molecular weight excluding hydrogens is 328 g/mol. The van der Waals surface area contributed by atoms with Gasteiger partial charge in [0.05, 0.1) is 12.2 Å². The lowest BCUT2D eigenvalue weighted by molar-refractivity contribution is -0.116. The van der Waals surface area contributed by atoms with E-state index in [4.69, 9.17) is 4.74 Å². The average Bonchev–Trinajstić information content (AvgIpc) is 2.58. The van der Waals surface area contributed by atoms with E-state index in [0.29, 0.717) is 30.8 Å². The van der Waals surface area contributed by atoms with Crippen LogP contribution in [-0.4, -0.2) is 25.0 Å². The lowest BCUT2D eigenvalue weighted by Crippen LogP contribution is -2.18. The third-order valence-electron chi connectivity index (χ3n) is 4.03. The molecule has 0 atom stereocenters. The number of para-hydroxylation sites is 1. The molecule has 2 N–H and O–H groups in total. The van der Waals surface area contributed by atoms with Crippen LogP contribution in [-0.2, 0) is 9.53 Å². The zero-order chi connectivity index (χ0) is 19.1. The predicted molar refractivity (Wildman–Crippen MR) is 105 cm³/mol. The van der Waals surface area contributed by atoms with Crippen molar-refractivity contribution in [3.63, 3.8) is 0 Å². The minimum atomic E-state index is -0.369. The normalized spacial score (nSPS) is 10.3. The Labute approximate surface area is 154 Å². The van der Waals surface area contributed by atoms with Crippen molar-refractivity contribution in [1.29, 1.82) is 0 Å². The molecule has 2 rings (SSSR count). The van der Waals surface area contributed by atoms with Crippen molar-refractivity contribution in [2.24, 2.45) is 0 Å². The van der Waals surface area contributed by atoms with Crippen molar-refractivity contribution in [3.05, 3.63) is 58.7 Å². The maximum atomic E-state index is 12.3. The van der Waals surface area contributed by atoms with Crippen molar-refractivity contribution in [3.8, 4) is 0 Å². The van der Waals surface area contributed by atoms with E-state index in [2.05, 4.69) is 22.8 Å². The number of hydrogen-bond acceptors (Lipinski definition) is 4. The van der Waals surface area contributed by atoms with Crippen molar-refractivity contribution < 1.29 is 14.3 Å². The van der Waals surface area contributed by atoms with Crippen LogP contribution >= 0.6 is 0 Å². The Kier molecular flexibility index (Phi) is 6.78. The Morgan fingerprint density at radius 3 is 2.35 bits per heavy atom. The molecule has 26 heavy (non-hydrogen) atoms. The molecule has 2 aromatic carbocycles. The van der Waals surface area contributed by atoms with Crippen LogP contribution in [0.3, 0.4) is 0 Å². The lowest BCUT2D eigenvalue weighted by Gasteiger charge is -2.14. The van der Waals surface area contributed by atoms with Gasteiger partial charge in [-0.2, -0.15) is 0 Å². The lowest BCUT2D eigenvalue weighted by atomic mass is 10.1. The Hall–Kier alpha value is -2.82. The molecule has 5 heteroatoms. The van der Waals surface area contributed by atoms with Gasteiger partial charge in [0.25, 0.3) is 0 Å². The Morgan fingerprint density at radius 2 is 1.69 bits per heavy atom. The quantitative estimate of drug-likeness (QED) is 0.730. The topological polar surface area (TPSA) is 67.4 Å². The number of aryl methyl sites for hydroxylation is 3. The third-order valence-corrected chi connectivity index (χ3v) is 4.03. The van der Waals surface area contributed by atoms with Gasteiger partial charge >= 0.3 is 5.97 Å². The van der Waals surface area contributed by atoms with E-state index >= 15 is 0 Å². The van der Waals surface area contributed by atoms with Crippen LogP contribution in [0.5, 0.6) is 0 Å². The second kappa shape index (κ2) is 9.04. The molecule has 0 heterocycles. The highest BCUT2D eigenvalue weighted by molar-refractivity contribution is 5.96. The van der Waals surface area contributed by atoms with Crippen LogP contribution in [0.2, 0.25) is 0 Å². The van der Waals surface area contributed by atoms with E-state index < -0.39 is 0 Å². The van der Waals surface area contributed by atoms with Gasteiger partial charge < -0.3 is 15.4 Å². The number of benzene rings is 2. The summed E-state index contributed by atoms with van der Waals surface area (Å²) in [7, 11) is 0. The molecule has 0 spiro atoms. The van der Waals surface area contributed by atoms with E-state index in [1.54, 1.807) is 25.1 Å². The highest BCUT2D eigenvalue weighted by Gasteiger charge is 2.12. The molecule has 0 aromatic heterocycles. The first-order chi connectivity index (χ1) is 12.4. The molecule has 1 amide bonds. The Morgan fingerprint density at radius 1 is 1.04 bits per heavy atom. The molecule has 0 aliphatic heterocycles. The predicted octanol–water partition coefficient (Wildman–Crippen LogP) is 4.23. The van der Waals surface area contributed by atoms with Gasteiger partial charge in [-0.3, -0.25) is 4.79 Å². The van der Waals surface area contributed by atoms with Crippen molar-refractivity contribution in [2.45, 2.75) is 34.1 Å². The zero-order valence-electron chi connectivity index (χ0n) is 15.8. The maximum absolute atomic E-state index is 12.3. The highest BCUT2D eigenvalue weighted by Crippen LogP contribution is 2.22. The summed E-state index contributed by atoms with van der Waals surface area (Å²) in [4.78, 5) is 24.2. The fourth-order valence-electron chi connectivity index (χ4n) is 2.91. The molecule has 2 aromatic rings. The number of anilines is 2. The van der Waals surface area contributed by atoms with Crippen molar-refractivity contribution in [2.75, 3.05) is 23.8 Å². The van der Waals surface area contributed by atoms with Gasteiger partial charge in [0.15, 0.2) is 0 Å². The summed E-state index contributed by atoms with van der Waals surface area (Å²) in [6, 6.07) is 11.2. The van der Waals surface area contributed by atoms with Crippen LogP contribution in [0, 0.1) is 20.8 Å². The highest BCUT2D eigenvalue weighted by atomic mass is 16.5. The summed E-state index contributed by atoms with van der Waals surface area (Å²) in [6.45, 7) is 8.54. The van der Waals surface area contributed by atoms with Gasteiger partial charge in [0.2, 0.25) is 5.91 Å². The summed E-state index contributed by atoms with van der Waals surface area (Å²) in [5.41, 5.74) is 5.29. The van der Waals surface area contributed by atoms with Crippen LogP contribution in [0.25, 0.3) is 0 Å². The first kappa shape index (κ1) is 19.5. The maximum Gasteiger partial charge on any atom is 0.340 e. The van der Waals surface area contributed by atoms with E-state index in [0.717, 1.165) is 16.8 Å². The standard InChI is InChI=1S/C21H26N2O3/c1-5-26-21(25)17-8-6-7-9-18(17)22-11-10-19(24)23-20-15(3)12-14(2)13-16(20)4/h6-9,12-13,22H,5,10-11H2,1-4H3,(H,23,24). The first-order valence-electron chi connectivity index (χ1n) is 8.80. The van der Waals surface area contributed by atoms with Crippen LogP contribution in [0.1, 0.15) is 40.4 Å². The molecule has 0 fully saturated rings. The number of rotatable bonds is 7. The number of carbonyl (C=O) groups excluding carboxylic acids is 2. The van der Waals surface area contributed by atoms with Gasteiger partial charge in [0, 0.05) is 24.3 Å². The number of hydrogen-bond donors (Lipinski definition) is 2. The second-order valence-corrected chi connectivity index (χ2v) is 6.26. The van der Waals surface area contributed by atoms with Crippen molar-refractivity contribution >= 4 is 23.3 Å². The zero-order valence-corrected chi connectivity index (χ0v) is 15.8. The Balaban J connectivity index is 1.95. The summed E-state index contributed by atoms with van der Waals surface area (Å²) in [6.07, 6.45) is 0.296. The molecule has 0 unspecified atom stereocenters. The van der Waals surface area contributed by atoms with Crippen LogP contribution in [0.4, 0.5) is 11.4 Å². The van der Waals surface area contributed by atoms with Crippen LogP contribution < -0.4 is 10.6 Å². The SMILES string of the molecule is CCOC(=O)c1ccccc1NCCC(=O)Nc1c(C)cc(C)cc1C. The summed E-state index contributed by atoms with van der Waals surface area (Å²) in [5, 5.41) is 6.13. The summed E-state index contributed by atoms with van der Waals surface area (Å²) >= 11 is 0. The van der Waals surface area contributed by atoms with Gasteiger partial charge in [-0.15, -0.1) is 0 Å². The van der Waals surface area contributed by atoms with Gasteiger partial charge in [0.1, 0.15) is 0 Å². The number of esters is 1. The fraction of sp³-hybridized carbons (Fsp3) is 0.333. The smallest absolute Gasteiger partial charge is 0.340 e. The van der Waals surface area contributed by atoms with E-state index in [1.807, 2.05) is 26.8 Å². The minimum Gasteiger partial charge on any atom is -0.462 e. The molecule has 5 nitrogen and oxygen atoms in total. The summed E-state index contributed by atoms with van der Waals surface area (Å²) in [5.74, 6) is -0.438. The third kappa shape index (κ3) is 5.09. The van der Waals surface area contributed by atoms with Gasteiger partial charge in [-0.05, 0) is 51.0 Å². The molecule has 0 saturated carbocycles. The molecular formula is C21H26N2O3. The van der Waals surface area contributed by atoms with E-state index in [-0.39, 0.29) is 11.9 Å². The number of nitrogens with one attached hydrogen (secondary N) is 2. The monoisotopic (exact) mass is 354 g/mol. The number of amides is 1. The first-order valence-corrected chi connectivity index (χ1v) is 8.80. The second-order valence-electron chi connectivity index (χ2n) is 6.26. The minimum absolute atomic E-state index is 0.0684.